The van der Waals surface area contributed by atoms with Crippen molar-refractivity contribution in [1.82, 2.24) is 4.98 Å². The molecule has 1 aliphatic carbocycles. The minimum atomic E-state index is 0.311. The number of rotatable bonds is 4. The molecule has 0 aliphatic heterocycles. The van der Waals surface area contributed by atoms with Crippen molar-refractivity contribution in [3.63, 3.8) is 0 Å². The van der Waals surface area contributed by atoms with E-state index >= 15 is 0 Å². The SMILES string of the molecule is O=Cc1sc(NCC2CCCCC2)nc1Cl. The Hall–Kier alpha value is -0.610. The molecule has 5 heteroatoms. The molecule has 1 heterocycles. The molecule has 0 amide bonds. The number of hydrogen-bond acceptors (Lipinski definition) is 4. The second kappa shape index (κ2) is 5.64. The lowest BCUT2D eigenvalue weighted by molar-refractivity contribution is 0.112. The number of carbonyl (C=O) groups excluding carboxylic acids is 1. The summed E-state index contributed by atoms with van der Waals surface area (Å²) in [6.45, 7) is 0.947. The number of carbonyl (C=O) groups is 1. The van der Waals surface area contributed by atoms with Gasteiger partial charge in [-0.15, -0.1) is 0 Å². The second-order valence-electron chi connectivity index (χ2n) is 4.18. The van der Waals surface area contributed by atoms with Crippen LogP contribution in [-0.2, 0) is 0 Å². The fraction of sp³-hybridized carbons (Fsp3) is 0.636. The average molecular weight is 259 g/mol. The summed E-state index contributed by atoms with van der Waals surface area (Å²) in [5.74, 6) is 0.746. The summed E-state index contributed by atoms with van der Waals surface area (Å²) in [5, 5.41) is 4.35. The molecule has 16 heavy (non-hydrogen) atoms. The molecule has 0 spiro atoms. The largest absolute Gasteiger partial charge is 0.361 e. The van der Waals surface area contributed by atoms with E-state index in [1.165, 1.54) is 43.4 Å². The molecule has 3 nitrogen and oxygen atoms in total. The highest BCUT2D eigenvalue weighted by molar-refractivity contribution is 7.17. The molecule has 1 fully saturated rings. The van der Waals surface area contributed by atoms with Gasteiger partial charge in [0.1, 0.15) is 4.88 Å². The molecule has 0 aromatic carbocycles. The van der Waals surface area contributed by atoms with Gasteiger partial charge in [-0.05, 0) is 18.8 Å². The Kier molecular flexibility index (Phi) is 4.18. The molecular weight excluding hydrogens is 244 g/mol. The van der Waals surface area contributed by atoms with Gasteiger partial charge in [-0.1, -0.05) is 42.2 Å². The number of hydrogen-bond donors (Lipinski definition) is 1. The highest BCUT2D eigenvalue weighted by Gasteiger charge is 2.14. The number of thiazole rings is 1. The van der Waals surface area contributed by atoms with Crippen LogP contribution in [0.4, 0.5) is 5.13 Å². The summed E-state index contributed by atoms with van der Waals surface area (Å²) in [6, 6.07) is 0. The van der Waals surface area contributed by atoms with Crippen LogP contribution in [-0.4, -0.2) is 17.8 Å². The van der Waals surface area contributed by atoms with Crippen molar-refractivity contribution in [2.75, 3.05) is 11.9 Å². The van der Waals surface area contributed by atoms with E-state index in [0.717, 1.165) is 23.9 Å². The van der Waals surface area contributed by atoms with Crippen molar-refractivity contribution < 1.29 is 4.79 Å². The molecule has 0 atom stereocenters. The maximum atomic E-state index is 10.6. The van der Waals surface area contributed by atoms with Crippen molar-refractivity contribution in [2.45, 2.75) is 32.1 Å². The normalized spacial score (nSPS) is 17.3. The Bertz CT molecular complexity index is 361. The molecule has 1 saturated carbocycles. The van der Waals surface area contributed by atoms with Crippen LogP contribution >= 0.6 is 22.9 Å². The van der Waals surface area contributed by atoms with Crippen LogP contribution in [0.3, 0.4) is 0 Å². The van der Waals surface area contributed by atoms with Crippen LogP contribution in [0.15, 0.2) is 0 Å². The lowest BCUT2D eigenvalue weighted by atomic mass is 9.89. The molecule has 0 bridgehead atoms. The van der Waals surface area contributed by atoms with Gasteiger partial charge in [-0.25, -0.2) is 4.98 Å². The van der Waals surface area contributed by atoms with Crippen molar-refractivity contribution in [3.8, 4) is 0 Å². The van der Waals surface area contributed by atoms with E-state index in [2.05, 4.69) is 10.3 Å². The van der Waals surface area contributed by atoms with Gasteiger partial charge < -0.3 is 5.32 Å². The van der Waals surface area contributed by atoms with Gasteiger partial charge in [-0.2, -0.15) is 0 Å². The average Bonchev–Trinajstić information content (AvgIpc) is 2.69. The fourth-order valence-corrected chi connectivity index (χ4v) is 3.06. The predicted octanol–water partition coefficient (Wildman–Crippen LogP) is 3.60. The van der Waals surface area contributed by atoms with Crippen LogP contribution in [0.2, 0.25) is 5.15 Å². The Labute approximate surface area is 104 Å². The number of anilines is 1. The lowest BCUT2D eigenvalue weighted by Crippen LogP contribution is -2.16. The maximum absolute atomic E-state index is 10.6. The summed E-state index contributed by atoms with van der Waals surface area (Å²) in [4.78, 5) is 15.2. The summed E-state index contributed by atoms with van der Waals surface area (Å²) in [5.41, 5.74) is 0. The highest BCUT2D eigenvalue weighted by Crippen LogP contribution is 2.27. The van der Waals surface area contributed by atoms with Gasteiger partial charge in [0, 0.05) is 6.54 Å². The van der Waals surface area contributed by atoms with Gasteiger partial charge in [0.05, 0.1) is 0 Å². The fourth-order valence-electron chi connectivity index (χ4n) is 2.08. The molecule has 1 aromatic heterocycles. The molecule has 2 rings (SSSR count). The third-order valence-corrected chi connectivity index (χ3v) is 4.32. The maximum Gasteiger partial charge on any atom is 0.184 e. The lowest BCUT2D eigenvalue weighted by Gasteiger charge is -2.21. The van der Waals surface area contributed by atoms with E-state index in [0.29, 0.717) is 10.0 Å². The third-order valence-electron chi connectivity index (χ3n) is 2.98. The number of aromatic nitrogens is 1. The second-order valence-corrected chi connectivity index (χ2v) is 5.57. The number of nitrogens with one attached hydrogen (secondary N) is 1. The van der Waals surface area contributed by atoms with Crippen LogP contribution in [0.25, 0.3) is 0 Å². The summed E-state index contributed by atoms with van der Waals surface area (Å²) >= 11 is 7.12. The standard InChI is InChI=1S/C11H15ClN2OS/c12-10-9(7-15)16-11(14-10)13-6-8-4-2-1-3-5-8/h7-8H,1-6H2,(H,13,14). The van der Waals surface area contributed by atoms with E-state index in [1.54, 1.807) is 0 Å². The first kappa shape index (κ1) is 11.9. The molecule has 1 N–H and O–H groups in total. The summed E-state index contributed by atoms with van der Waals surface area (Å²) in [6.07, 6.45) is 7.40. The van der Waals surface area contributed by atoms with Gasteiger partial charge in [-0.3, -0.25) is 4.79 Å². The van der Waals surface area contributed by atoms with Crippen molar-refractivity contribution in [2.24, 2.45) is 5.92 Å². The van der Waals surface area contributed by atoms with Gasteiger partial charge >= 0.3 is 0 Å². The smallest absolute Gasteiger partial charge is 0.184 e. The van der Waals surface area contributed by atoms with Gasteiger partial charge in [0.15, 0.2) is 16.6 Å². The zero-order valence-electron chi connectivity index (χ0n) is 9.04. The third kappa shape index (κ3) is 2.95. The molecule has 0 radical (unpaired) electrons. The first-order chi connectivity index (χ1) is 7.79. The highest BCUT2D eigenvalue weighted by atomic mass is 35.5. The number of halogens is 1. The van der Waals surface area contributed by atoms with E-state index < -0.39 is 0 Å². The minimum Gasteiger partial charge on any atom is -0.361 e. The van der Waals surface area contributed by atoms with Gasteiger partial charge in [0.25, 0.3) is 0 Å². The quantitative estimate of drug-likeness (QED) is 0.839. The summed E-state index contributed by atoms with van der Waals surface area (Å²) < 4.78 is 0. The van der Waals surface area contributed by atoms with Crippen LogP contribution in [0, 0.1) is 5.92 Å². The Morgan fingerprint density at radius 3 is 2.81 bits per heavy atom. The Morgan fingerprint density at radius 1 is 1.44 bits per heavy atom. The zero-order valence-corrected chi connectivity index (χ0v) is 10.6. The minimum absolute atomic E-state index is 0.311. The number of aldehydes is 1. The predicted molar refractivity (Wildman–Crippen MR) is 67.6 cm³/mol. The van der Waals surface area contributed by atoms with E-state index in [1.807, 2.05) is 0 Å². The van der Waals surface area contributed by atoms with E-state index in [4.69, 9.17) is 11.6 Å². The Morgan fingerprint density at radius 2 is 2.19 bits per heavy atom. The van der Waals surface area contributed by atoms with Crippen LogP contribution < -0.4 is 5.32 Å². The molecule has 1 aromatic rings. The molecule has 88 valence electrons. The van der Waals surface area contributed by atoms with Gasteiger partial charge in [0.2, 0.25) is 0 Å². The first-order valence-electron chi connectivity index (χ1n) is 5.65. The molecular formula is C11H15ClN2OS. The molecule has 0 unspecified atom stereocenters. The summed E-state index contributed by atoms with van der Waals surface area (Å²) in [7, 11) is 0. The Balaban J connectivity index is 1.86. The van der Waals surface area contributed by atoms with Crippen molar-refractivity contribution in [3.05, 3.63) is 10.0 Å². The molecule has 0 saturated heterocycles. The van der Waals surface area contributed by atoms with Crippen molar-refractivity contribution >= 4 is 34.4 Å². The topological polar surface area (TPSA) is 42.0 Å². The van der Waals surface area contributed by atoms with E-state index in [-0.39, 0.29) is 0 Å². The van der Waals surface area contributed by atoms with E-state index in [9.17, 15) is 4.79 Å². The number of nitrogens with zero attached hydrogens (tertiary/aromatic N) is 1. The molecule has 1 aliphatic rings. The first-order valence-corrected chi connectivity index (χ1v) is 6.84. The van der Waals surface area contributed by atoms with Crippen LogP contribution in [0.1, 0.15) is 41.8 Å². The monoisotopic (exact) mass is 258 g/mol. The van der Waals surface area contributed by atoms with Crippen molar-refractivity contribution in [1.29, 1.82) is 0 Å². The zero-order chi connectivity index (χ0) is 11.4. The van der Waals surface area contributed by atoms with Crippen LogP contribution in [0.5, 0.6) is 0 Å².